The number of carbonyl (C=O) groups is 2. The van der Waals surface area contributed by atoms with E-state index < -0.39 is 29.0 Å². The first-order valence-electron chi connectivity index (χ1n) is 8.52. The van der Waals surface area contributed by atoms with Crippen molar-refractivity contribution < 1.29 is 27.8 Å². The summed E-state index contributed by atoms with van der Waals surface area (Å²) in [7, 11) is 0. The van der Waals surface area contributed by atoms with Crippen molar-refractivity contribution in [2.45, 2.75) is 0 Å². The molecule has 1 aliphatic heterocycles. The lowest BCUT2D eigenvalue weighted by Crippen LogP contribution is -2.16. The second kappa shape index (κ2) is 7.51. The Morgan fingerprint density at radius 3 is 2.48 bits per heavy atom. The fourth-order valence-electron chi connectivity index (χ4n) is 2.83. The third-order valence-corrected chi connectivity index (χ3v) is 5.36. The van der Waals surface area contributed by atoms with Gasteiger partial charge >= 0.3 is 0 Å². The van der Waals surface area contributed by atoms with Crippen molar-refractivity contribution in [3.05, 3.63) is 64.5 Å². The Kier molecular flexibility index (Phi) is 4.89. The SMILES string of the molecule is NC(=O)c1cc(NC(=O)c2ccc(-c3ccc4c(c3)OCCO4)s2)c(F)cc1F. The van der Waals surface area contributed by atoms with Crippen LogP contribution >= 0.6 is 11.3 Å². The van der Waals surface area contributed by atoms with Crippen LogP contribution in [0.2, 0.25) is 0 Å². The molecule has 2 amide bonds. The number of fused-ring (bicyclic) bond motifs is 1. The highest BCUT2D eigenvalue weighted by molar-refractivity contribution is 7.17. The van der Waals surface area contributed by atoms with Gasteiger partial charge in [-0.2, -0.15) is 0 Å². The Bertz CT molecular complexity index is 1130. The van der Waals surface area contributed by atoms with E-state index in [4.69, 9.17) is 15.2 Å². The van der Waals surface area contributed by atoms with Crippen LogP contribution in [0.4, 0.5) is 14.5 Å². The molecule has 148 valence electrons. The Morgan fingerprint density at radius 1 is 0.966 bits per heavy atom. The summed E-state index contributed by atoms with van der Waals surface area (Å²) in [5.41, 5.74) is 5.05. The van der Waals surface area contributed by atoms with Crippen LogP contribution in [0, 0.1) is 11.6 Å². The lowest BCUT2D eigenvalue weighted by Gasteiger charge is -2.18. The number of halogens is 2. The van der Waals surface area contributed by atoms with Crippen molar-refractivity contribution in [3.8, 4) is 21.9 Å². The Hall–Kier alpha value is -3.46. The lowest BCUT2D eigenvalue weighted by atomic mass is 10.1. The summed E-state index contributed by atoms with van der Waals surface area (Å²) in [6.07, 6.45) is 0. The summed E-state index contributed by atoms with van der Waals surface area (Å²) >= 11 is 1.19. The molecule has 0 spiro atoms. The number of carbonyl (C=O) groups excluding carboxylic acids is 2. The quantitative estimate of drug-likeness (QED) is 0.677. The van der Waals surface area contributed by atoms with Crippen LogP contribution in [0.25, 0.3) is 10.4 Å². The topological polar surface area (TPSA) is 90.7 Å². The van der Waals surface area contributed by atoms with Crippen molar-refractivity contribution in [2.24, 2.45) is 5.73 Å². The molecule has 1 aliphatic rings. The number of benzene rings is 2. The molecule has 3 N–H and O–H groups in total. The summed E-state index contributed by atoms with van der Waals surface area (Å²) in [5, 5.41) is 2.34. The van der Waals surface area contributed by atoms with Gasteiger partial charge in [0.25, 0.3) is 11.8 Å². The molecule has 9 heteroatoms. The van der Waals surface area contributed by atoms with E-state index in [9.17, 15) is 18.4 Å². The van der Waals surface area contributed by atoms with E-state index in [0.717, 1.165) is 16.5 Å². The molecule has 0 fully saturated rings. The molecular formula is C20H14F2N2O4S. The summed E-state index contributed by atoms with van der Waals surface area (Å²) in [5.74, 6) is -2.48. The second-order valence-electron chi connectivity index (χ2n) is 6.15. The maximum atomic E-state index is 14.0. The summed E-state index contributed by atoms with van der Waals surface area (Å²) in [6.45, 7) is 0.957. The molecule has 0 radical (unpaired) electrons. The number of amides is 2. The molecule has 2 aromatic carbocycles. The van der Waals surface area contributed by atoms with Gasteiger partial charge in [-0.05, 0) is 42.0 Å². The Balaban J connectivity index is 1.56. The number of anilines is 1. The molecule has 0 aliphatic carbocycles. The molecule has 0 saturated heterocycles. The molecule has 3 aromatic rings. The fourth-order valence-corrected chi connectivity index (χ4v) is 3.73. The molecule has 0 saturated carbocycles. The maximum absolute atomic E-state index is 14.0. The van der Waals surface area contributed by atoms with Gasteiger partial charge < -0.3 is 20.5 Å². The number of hydrogen-bond donors (Lipinski definition) is 2. The monoisotopic (exact) mass is 416 g/mol. The van der Waals surface area contributed by atoms with Crippen molar-refractivity contribution in [3.63, 3.8) is 0 Å². The van der Waals surface area contributed by atoms with E-state index in [1.54, 1.807) is 18.2 Å². The van der Waals surface area contributed by atoms with Crippen molar-refractivity contribution >= 4 is 28.8 Å². The standard InChI is InChI=1S/C20H14F2N2O4S/c21-12-9-13(22)14(8-11(12)19(23)25)24-20(26)18-4-3-17(29-18)10-1-2-15-16(7-10)28-6-5-27-15/h1-4,7-9H,5-6H2,(H2,23,25)(H,24,26). The van der Waals surface area contributed by atoms with Crippen LogP contribution in [0.5, 0.6) is 11.5 Å². The first-order valence-corrected chi connectivity index (χ1v) is 9.34. The predicted octanol–water partition coefficient (Wildman–Crippen LogP) is 3.82. The van der Waals surface area contributed by atoms with Crippen molar-refractivity contribution in [1.29, 1.82) is 0 Å². The maximum Gasteiger partial charge on any atom is 0.265 e. The van der Waals surface area contributed by atoms with Crippen molar-refractivity contribution in [1.82, 2.24) is 0 Å². The van der Waals surface area contributed by atoms with Crippen molar-refractivity contribution in [2.75, 3.05) is 18.5 Å². The molecular weight excluding hydrogens is 402 g/mol. The first kappa shape index (κ1) is 18.9. The van der Waals surface area contributed by atoms with E-state index in [0.29, 0.717) is 35.7 Å². The van der Waals surface area contributed by atoms with Gasteiger partial charge in [-0.25, -0.2) is 8.78 Å². The first-order chi connectivity index (χ1) is 13.9. The number of primary amides is 1. The van der Waals surface area contributed by atoms with Crippen LogP contribution in [0.15, 0.2) is 42.5 Å². The molecule has 2 heterocycles. The zero-order valence-electron chi connectivity index (χ0n) is 14.8. The molecule has 29 heavy (non-hydrogen) atoms. The minimum Gasteiger partial charge on any atom is -0.486 e. The van der Waals surface area contributed by atoms with Gasteiger partial charge in [0, 0.05) is 10.9 Å². The van der Waals surface area contributed by atoms with Gasteiger partial charge in [0.15, 0.2) is 11.5 Å². The zero-order valence-corrected chi connectivity index (χ0v) is 15.6. The average molecular weight is 416 g/mol. The number of thiophene rings is 1. The lowest BCUT2D eigenvalue weighted by molar-refractivity contribution is 0.0992. The smallest absolute Gasteiger partial charge is 0.265 e. The third kappa shape index (κ3) is 3.77. The van der Waals surface area contributed by atoms with Gasteiger partial charge in [-0.15, -0.1) is 11.3 Å². The highest BCUT2D eigenvalue weighted by atomic mass is 32.1. The highest BCUT2D eigenvalue weighted by Crippen LogP contribution is 2.37. The largest absolute Gasteiger partial charge is 0.486 e. The number of nitrogens with two attached hydrogens (primary N) is 1. The van der Waals surface area contributed by atoms with E-state index in [2.05, 4.69) is 5.32 Å². The molecule has 4 rings (SSSR count). The fraction of sp³-hybridized carbons (Fsp3) is 0.100. The van der Waals surface area contributed by atoms with Gasteiger partial charge in [0.2, 0.25) is 0 Å². The Labute approximate surface area is 167 Å². The van der Waals surface area contributed by atoms with Crippen LogP contribution in [-0.2, 0) is 0 Å². The number of hydrogen-bond acceptors (Lipinski definition) is 5. The minimum atomic E-state index is -1.09. The van der Waals surface area contributed by atoms with Crippen LogP contribution in [-0.4, -0.2) is 25.0 Å². The van der Waals surface area contributed by atoms with E-state index in [1.807, 2.05) is 12.1 Å². The predicted molar refractivity (Wildman–Crippen MR) is 104 cm³/mol. The van der Waals surface area contributed by atoms with E-state index in [1.165, 1.54) is 11.3 Å². The molecule has 0 unspecified atom stereocenters. The third-order valence-electron chi connectivity index (χ3n) is 4.23. The molecule has 1 aromatic heterocycles. The van der Waals surface area contributed by atoms with E-state index >= 15 is 0 Å². The van der Waals surface area contributed by atoms with Gasteiger partial charge in [0.05, 0.1) is 16.1 Å². The minimum absolute atomic E-state index is 0.305. The molecule has 0 atom stereocenters. The van der Waals surface area contributed by atoms with Crippen LogP contribution < -0.4 is 20.5 Å². The van der Waals surface area contributed by atoms with E-state index in [-0.39, 0.29) is 5.69 Å². The number of rotatable bonds is 4. The highest BCUT2D eigenvalue weighted by Gasteiger charge is 2.18. The number of nitrogens with one attached hydrogen (secondary N) is 1. The normalized spacial score (nSPS) is 12.5. The Morgan fingerprint density at radius 2 is 1.72 bits per heavy atom. The van der Waals surface area contributed by atoms with Crippen LogP contribution in [0.1, 0.15) is 20.0 Å². The molecule has 0 bridgehead atoms. The van der Waals surface area contributed by atoms with Gasteiger partial charge in [-0.3, -0.25) is 9.59 Å². The summed E-state index contributed by atoms with van der Waals surface area (Å²) < 4.78 is 38.6. The number of ether oxygens (including phenoxy) is 2. The summed E-state index contributed by atoms with van der Waals surface area (Å²) in [4.78, 5) is 24.8. The zero-order chi connectivity index (χ0) is 20.5. The second-order valence-corrected chi connectivity index (χ2v) is 7.24. The van der Waals surface area contributed by atoms with Crippen LogP contribution in [0.3, 0.4) is 0 Å². The molecule has 6 nitrogen and oxygen atoms in total. The van der Waals surface area contributed by atoms with Gasteiger partial charge in [0.1, 0.15) is 24.8 Å². The van der Waals surface area contributed by atoms with Gasteiger partial charge in [-0.1, -0.05) is 0 Å². The average Bonchev–Trinajstić information content (AvgIpc) is 3.19. The summed E-state index contributed by atoms with van der Waals surface area (Å²) in [6, 6.07) is 10.2.